The average Bonchev–Trinajstić information content (AvgIpc) is 2.64. The number of hydrogen-bond donors (Lipinski definition) is 1. The van der Waals surface area contributed by atoms with Crippen LogP contribution in [0.25, 0.3) is 0 Å². The summed E-state index contributed by atoms with van der Waals surface area (Å²) in [5, 5.41) is 3.04. The summed E-state index contributed by atoms with van der Waals surface area (Å²) < 4.78 is 13.8. The van der Waals surface area contributed by atoms with Crippen molar-refractivity contribution in [1.29, 1.82) is 0 Å². The molecule has 16 heavy (non-hydrogen) atoms. The Labute approximate surface area is 105 Å². The molecule has 0 radical (unpaired) electrons. The molecule has 2 aromatic rings. The largest absolute Gasteiger partial charge is 0.370 e. The van der Waals surface area contributed by atoms with Crippen LogP contribution < -0.4 is 5.32 Å². The normalized spacial score (nSPS) is 10.4. The highest BCUT2D eigenvalue weighted by atomic mass is 79.9. The van der Waals surface area contributed by atoms with Gasteiger partial charge in [-0.25, -0.2) is 9.97 Å². The van der Waals surface area contributed by atoms with Gasteiger partial charge in [-0.05, 0) is 34.5 Å². The van der Waals surface area contributed by atoms with Crippen molar-refractivity contribution >= 4 is 33.1 Å². The van der Waals surface area contributed by atoms with Gasteiger partial charge in [0.1, 0.15) is 12.1 Å². The van der Waals surface area contributed by atoms with Crippen LogP contribution in [0.3, 0.4) is 0 Å². The highest BCUT2D eigenvalue weighted by Crippen LogP contribution is 2.22. The number of halogens is 2. The zero-order valence-electron chi connectivity index (χ0n) is 8.28. The molecule has 2 heterocycles. The van der Waals surface area contributed by atoms with Crippen molar-refractivity contribution < 1.29 is 4.39 Å². The first-order valence-electron chi connectivity index (χ1n) is 4.69. The molecule has 0 amide bonds. The van der Waals surface area contributed by atoms with Crippen molar-refractivity contribution in [2.75, 3.05) is 11.9 Å². The first kappa shape index (κ1) is 11.5. The Morgan fingerprint density at radius 3 is 2.94 bits per heavy atom. The van der Waals surface area contributed by atoms with Crippen molar-refractivity contribution in [3.63, 3.8) is 0 Å². The molecule has 0 fully saturated rings. The molecule has 3 nitrogen and oxygen atoms in total. The number of anilines is 1. The number of hydrogen-bond acceptors (Lipinski definition) is 4. The Morgan fingerprint density at radius 1 is 1.38 bits per heavy atom. The van der Waals surface area contributed by atoms with Gasteiger partial charge < -0.3 is 5.32 Å². The van der Waals surface area contributed by atoms with E-state index in [1.165, 1.54) is 17.3 Å². The van der Waals surface area contributed by atoms with Gasteiger partial charge in [-0.2, -0.15) is 4.39 Å². The molecule has 1 N–H and O–H groups in total. The smallest absolute Gasteiger partial charge is 0.217 e. The van der Waals surface area contributed by atoms with E-state index in [4.69, 9.17) is 0 Å². The van der Waals surface area contributed by atoms with Crippen LogP contribution >= 0.6 is 27.3 Å². The molecule has 0 aliphatic carbocycles. The van der Waals surface area contributed by atoms with Crippen LogP contribution in [-0.4, -0.2) is 16.5 Å². The van der Waals surface area contributed by atoms with E-state index in [9.17, 15) is 4.39 Å². The molecular formula is C10H9BrFN3S. The van der Waals surface area contributed by atoms with Crippen molar-refractivity contribution in [2.45, 2.75) is 6.42 Å². The summed E-state index contributed by atoms with van der Waals surface area (Å²) in [5.41, 5.74) is 0. The minimum Gasteiger partial charge on any atom is -0.370 e. The van der Waals surface area contributed by atoms with Crippen LogP contribution in [0.5, 0.6) is 0 Å². The van der Waals surface area contributed by atoms with Crippen LogP contribution in [0.15, 0.2) is 28.3 Å². The van der Waals surface area contributed by atoms with Gasteiger partial charge in [0.25, 0.3) is 0 Å². The van der Waals surface area contributed by atoms with E-state index in [0.29, 0.717) is 5.82 Å². The second kappa shape index (κ2) is 5.36. The van der Waals surface area contributed by atoms with Crippen LogP contribution in [0.4, 0.5) is 10.2 Å². The summed E-state index contributed by atoms with van der Waals surface area (Å²) in [4.78, 5) is 8.57. The molecule has 84 valence electrons. The van der Waals surface area contributed by atoms with E-state index < -0.39 is 5.95 Å². The van der Waals surface area contributed by atoms with Gasteiger partial charge in [0.15, 0.2) is 0 Å². The molecule has 0 bridgehead atoms. The Hall–Kier alpha value is -1.01. The van der Waals surface area contributed by atoms with E-state index in [1.54, 1.807) is 11.3 Å². The van der Waals surface area contributed by atoms with Crippen LogP contribution in [0.1, 0.15) is 4.88 Å². The Morgan fingerprint density at radius 2 is 2.25 bits per heavy atom. The SMILES string of the molecule is Fc1cc(NCCc2ccc(Br)s2)ncn1. The fourth-order valence-corrected chi connectivity index (χ4v) is 2.71. The summed E-state index contributed by atoms with van der Waals surface area (Å²) in [6.45, 7) is 0.726. The minimum absolute atomic E-state index is 0.517. The van der Waals surface area contributed by atoms with E-state index in [-0.39, 0.29) is 0 Å². The fraction of sp³-hybridized carbons (Fsp3) is 0.200. The zero-order valence-corrected chi connectivity index (χ0v) is 10.7. The van der Waals surface area contributed by atoms with Gasteiger partial charge in [0.05, 0.1) is 3.79 Å². The maximum absolute atomic E-state index is 12.7. The van der Waals surface area contributed by atoms with Crippen LogP contribution in [0.2, 0.25) is 0 Å². The highest BCUT2D eigenvalue weighted by Gasteiger charge is 1.99. The quantitative estimate of drug-likeness (QED) is 0.882. The molecule has 0 aliphatic rings. The number of nitrogens with zero attached hydrogens (tertiary/aromatic N) is 2. The molecule has 0 saturated heterocycles. The molecule has 2 aromatic heterocycles. The second-order valence-electron chi connectivity index (χ2n) is 3.11. The minimum atomic E-state index is -0.517. The summed E-state index contributed by atoms with van der Waals surface area (Å²) in [7, 11) is 0. The van der Waals surface area contributed by atoms with Gasteiger partial charge in [0.2, 0.25) is 5.95 Å². The number of nitrogens with one attached hydrogen (secondary N) is 1. The molecule has 0 aromatic carbocycles. The highest BCUT2D eigenvalue weighted by molar-refractivity contribution is 9.11. The van der Waals surface area contributed by atoms with Crippen molar-refractivity contribution in [3.8, 4) is 0 Å². The lowest BCUT2D eigenvalue weighted by molar-refractivity contribution is 0.580. The summed E-state index contributed by atoms with van der Waals surface area (Å²) >= 11 is 5.10. The van der Waals surface area contributed by atoms with Crippen molar-refractivity contribution in [1.82, 2.24) is 9.97 Å². The first-order chi connectivity index (χ1) is 7.74. The Kier molecular flexibility index (Phi) is 3.84. The van der Waals surface area contributed by atoms with E-state index in [2.05, 4.69) is 37.3 Å². The fourth-order valence-electron chi connectivity index (χ4n) is 1.23. The number of aromatic nitrogens is 2. The topological polar surface area (TPSA) is 37.8 Å². The Balaban J connectivity index is 1.84. The number of thiophene rings is 1. The van der Waals surface area contributed by atoms with Crippen molar-refractivity contribution in [2.24, 2.45) is 0 Å². The summed E-state index contributed by atoms with van der Waals surface area (Å²) in [6.07, 6.45) is 2.10. The third-order valence-corrected chi connectivity index (χ3v) is 3.62. The summed E-state index contributed by atoms with van der Waals surface area (Å²) in [5.74, 6) is -0.000472. The predicted octanol–water partition coefficient (Wildman–Crippen LogP) is 3.09. The lowest BCUT2D eigenvalue weighted by atomic mass is 10.3. The van der Waals surface area contributed by atoms with E-state index in [1.807, 2.05) is 6.07 Å². The van der Waals surface area contributed by atoms with E-state index >= 15 is 0 Å². The first-order valence-corrected chi connectivity index (χ1v) is 6.30. The van der Waals surface area contributed by atoms with Gasteiger partial charge in [-0.3, -0.25) is 0 Å². The zero-order chi connectivity index (χ0) is 11.4. The van der Waals surface area contributed by atoms with Gasteiger partial charge >= 0.3 is 0 Å². The molecule has 0 aliphatic heterocycles. The molecule has 0 atom stereocenters. The molecule has 2 rings (SSSR count). The van der Waals surface area contributed by atoms with Crippen molar-refractivity contribution in [3.05, 3.63) is 39.1 Å². The third-order valence-electron chi connectivity index (χ3n) is 1.94. The number of rotatable bonds is 4. The molecule has 0 spiro atoms. The third kappa shape index (κ3) is 3.24. The standard InChI is InChI=1S/C10H9BrFN3S/c11-8-2-1-7(16-8)3-4-13-10-5-9(12)14-6-15-10/h1-2,5-6H,3-4H2,(H,13,14,15). The van der Waals surface area contributed by atoms with Crippen LogP contribution in [-0.2, 0) is 6.42 Å². The van der Waals surface area contributed by atoms with Gasteiger partial charge in [-0.1, -0.05) is 0 Å². The lowest BCUT2D eigenvalue weighted by Gasteiger charge is -2.03. The van der Waals surface area contributed by atoms with Gasteiger partial charge in [0, 0.05) is 17.5 Å². The molecule has 0 saturated carbocycles. The molecule has 6 heteroatoms. The van der Waals surface area contributed by atoms with Crippen LogP contribution in [0, 0.1) is 5.95 Å². The predicted molar refractivity (Wildman–Crippen MR) is 66.2 cm³/mol. The van der Waals surface area contributed by atoms with Gasteiger partial charge in [-0.15, -0.1) is 11.3 Å². The Bertz CT molecular complexity index is 475. The monoisotopic (exact) mass is 301 g/mol. The second-order valence-corrected chi connectivity index (χ2v) is 5.66. The maximum Gasteiger partial charge on any atom is 0.217 e. The lowest BCUT2D eigenvalue weighted by Crippen LogP contribution is -2.06. The molecule has 0 unspecified atom stereocenters. The maximum atomic E-state index is 12.7. The van der Waals surface area contributed by atoms with E-state index in [0.717, 1.165) is 16.8 Å². The summed E-state index contributed by atoms with van der Waals surface area (Å²) in [6, 6.07) is 5.37. The average molecular weight is 302 g/mol. The molecular weight excluding hydrogens is 293 g/mol.